The van der Waals surface area contributed by atoms with Crippen LogP contribution in [0.1, 0.15) is 62.5 Å². The van der Waals surface area contributed by atoms with E-state index in [1.165, 1.54) is 19.3 Å². The summed E-state index contributed by atoms with van der Waals surface area (Å²) in [5.41, 5.74) is 3.57. The molecule has 1 fully saturated rings. The van der Waals surface area contributed by atoms with Gasteiger partial charge in [0.15, 0.2) is 11.6 Å². The molecule has 3 aromatic carbocycles. The summed E-state index contributed by atoms with van der Waals surface area (Å²) >= 11 is 0. The third kappa shape index (κ3) is 5.24. The number of hydrogen-bond donors (Lipinski definition) is 0. The van der Waals surface area contributed by atoms with Gasteiger partial charge in [0.25, 0.3) is 0 Å². The molecule has 0 bridgehead atoms. The van der Waals surface area contributed by atoms with Crippen molar-refractivity contribution in [2.24, 2.45) is 5.92 Å². The van der Waals surface area contributed by atoms with E-state index in [9.17, 15) is 8.78 Å². The number of aryl methyl sites for hydroxylation is 1. The van der Waals surface area contributed by atoms with Crippen LogP contribution in [-0.4, -0.2) is 0 Å². The highest BCUT2D eigenvalue weighted by Crippen LogP contribution is 2.39. The zero-order valence-corrected chi connectivity index (χ0v) is 19.4. The number of halogens is 3. The summed E-state index contributed by atoms with van der Waals surface area (Å²) in [7, 11) is 0. The van der Waals surface area contributed by atoms with E-state index in [2.05, 4.69) is 19.1 Å². The molecule has 1 aliphatic rings. The van der Waals surface area contributed by atoms with Crippen molar-refractivity contribution in [3.05, 3.63) is 95.3 Å². The SMILES string of the molecule is CC=CCCC1CCC(c2ccc(-c3ccc(-c4ccc(C)c(F)c4F)cc3)cc2F)CC1. The van der Waals surface area contributed by atoms with E-state index in [-0.39, 0.29) is 16.9 Å². The van der Waals surface area contributed by atoms with Crippen molar-refractivity contribution in [1.82, 2.24) is 0 Å². The third-order valence-electron chi connectivity index (χ3n) is 7.07. The summed E-state index contributed by atoms with van der Waals surface area (Å²) in [6.07, 6.45) is 11.1. The highest BCUT2D eigenvalue weighted by atomic mass is 19.2. The third-order valence-corrected chi connectivity index (χ3v) is 7.07. The van der Waals surface area contributed by atoms with Crippen molar-refractivity contribution in [3.63, 3.8) is 0 Å². The summed E-state index contributed by atoms with van der Waals surface area (Å²) in [6.45, 7) is 3.60. The molecule has 0 radical (unpaired) electrons. The quantitative estimate of drug-likeness (QED) is 0.330. The molecule has 0 saturated heterocycles. The fourth-order valence-electron chi connectivity index (χ4n) is 5.01. The van der Waals surface area contributed by atoms with Crippen molar-refractivity contribution in [2.75, 3.05) is 0 Å². The molecular weight excluding hydrogens is 417 g/mol. The summed E-state index contributed by atoms with van der Waals surface area (Å²) in [6, 6.07) is 15.8. The fraction of sp³-hybridized carbons (Fsp3) is 0.333. The predicted octanol–water partition coefficient (Wildman–Crippen LogP) is 9.38. The number of rotatable bonds is 6. The second kappa shape index (κ2) is 10.4. The van der Waals surface area contributed by atoms with Crippen molar-refractivity contribution >= 4 is 0 Å². The van der Waals surface area contributed by atoms with E-state index < -0.39 is 11.6 Å². The first-order chi connectivity index (χ1) is 16.0. The molecule has 0 spiro atoms. The van der Waals surface area contributed by atoms with Crippen LogP contribution >= 0.6 is 0 Å². The maximum Gasteiger partial charge on any atom is 0.166 e. The first kappa shape index (κ1) is 23.4. The van der Waals surface area contributed by atoms with Gasteiger partial charge in [-0.25, -0.2) is 13.2 Å². The monoisotopic (exact) mass is 448 g/mol. The van der Waals surface area contributed by atoms with Crippen LogP contribution in [0.25, 0.3) is 22.3 Å². The van der Waals surface area contributed by atoms with E-state index in [1.54, 1.807) is 37.3 Å². The molecular formula is C30H31F3. The van der Waals surface area contributed by atoms with Gasteiger partial charge in [0.2, 0.25) is 0 Å². The lowest BCUT2D eigenvalue weighted by atomic mass is 9.77. The van der Waals surface area contributed by atoms with Crippen molar-refractivity contribution in [2.45, 2.75) is 58.3 Å². The zero-order valence-electron chi connectivity index (χ0n) is 19.4. The van der Waals surface area contributed by atoms with Crippen LogP contribution in [0, 0.1) is 30.3 Å². The second-order valence-corrected chi connectivity index (χ2v) is 9.24. The lowest BCUT2D eigenvalue weighted by Gasteiger charge is -2.29. The van der Waals surface area contributed by atoms with Crippen LogP contribution in [0.3, 0.4) is 0 Å². The second-order valence-electron chi connectivity index (χ2n) is 9.24. The van der Waals surface area contributed by atoms with Crippen LogP contribution in [-0.2, 0) is 0 Å². The summed E-state index contributed by atoms with van der Waals surface area (Å²) in [5.74, 6) is -0.764. The van der Waals surface area contributed by atoms with E-state index in [4.69, 9.17) is 0 Å². The fourth-order valence-corrected chi connectivity index (χ4v) is 5.01. The van der Waals surface area contributed by atoms with Crippen LogP contribution in [0.15, 0.2) is 66.7 Å². The highest BCUT2D eigenvalue weighted by Gasteiger charge is 2.24. The zero-order chi connectivity index (χ0) is 23.4. The Balaban J connectivity index is 1.46. The summed E-state index contributed by atoms with van der Waals surface area (Å²) < 4.78 is 43.3. The maximum absolute atomic E-state index is 15.0. The minimum absolute atomic E-state index is 0.152. The lowest BCUT2D eigenvalue weighted by molar-refractivity contribution is 0.308. The average Bonchev–Trinajstić information content (AvgIpc) is 2.83. The van der Waals surface area contributed by atoms with E-state index in [0.29, 0.717) is 11.5 Å². The van der Waals surface area contributed by atoms with Gasteiger partial charge in [-0.1, -0.05) is 60.7 Å². The lowest BCUT2D eigenvalue weighted by Crippen LogP contribution is -2.14. The van der Waals surface area contributed by atoms with Crippen molar-refractivity contribution in [3.8, 4) is 22.3 Å². The molecule has 0 amide bonds. The Labute approximate surface area is 195 Å². The first-order valence-electron chi connectivity index (χ1n) is 11.9. The molecule has 0 aromatic heterocycles. The first-order valence-corrected chi connectivity index (χ1v) is 11.9. The smallest absolute Gasteiger partial charge is 0.166 e. The Kier molecular flexibility index (Phi) is 7.37. The van der Waals surface area contributed by atoms with Crippen LogP contribution in [0.4, 0.5) is 13.2 Å². The standard InChI is InChI=1S/C30H31F3/c1-3-4-5-6-21-8-10-23(11-9-21)26-18-16-25(19-28(26)31)22-12-14-24(15-13-22)27-17-7-20(2)29(32)30(27)33/h3-4,7,12-19,21,23H,5-6,8-11H2,1-2H3. The molecule has 0 atom stereocenters. The van der Waals surface area contributed by atoms with Gasteiger partial charge < -0.3 is 0 Å². The van der Waals surface area contributed by atoms with Gasteiger partial charge in [0.05, 0.1) is 0 Å². The minimum atomic E-state index is -0.838. The molecule has 0 aliphatic heterocycles. The molecule has 0 nitrogen and oxygen atoms in total. The van der Waals surface area contributed by atoms with Gasteiger partial charge in [0.1, 0.15) is 5.82 Å². The van der Waals surface area contributed by atoms with E-state index >= 15 is 4.39 Å². The molecule has 4 rings (SSSR count). The summed E-state index contributed by atoms with van der Waals surface area (Å²) in [4.78, 5) is 0. The molecule has 3 aromatic rings. The maximum atomic E-state index is 15.0. The van der Waals surface area contributed by atoms with Crippen LogP contribution in [0.2, 0.25) is 0 Å². The molecule has 172 valence electrons. The number of benzene rings is 3. The Morgan fingerprint density at radius 3 is 2.12 bits per heavy atom. The molecule has 33 heavy (non-hydrogen) atoms. The minimum Gasteiger partial charge on any atom is -0.207 e. The number of hydrogen-bond acceptors (Lipinski definition) is 0. The average molecular weight is 449 g/mol. The van der Waals surface area contributed by atoms with Crippen molar-refractivity contribution in [1.29, 1.82) is 0 Å². The Bertz CT molecular complexity index is 1120. The van der Waals surface area contributed by atoms with E-state index in [0.717, 1.165) is 41.9 Å². The van der Waals surface area contributed by atoms with Gasteiger partial charge in [-0.15, -0.1) is 0 Å². The normalized spacial score (nSPS) is 18.7. The van der Waals surface area contributed by atoms with Crippen LogP contribution in [0.5, 0.6) is 0 Å². The molecule has 0 heterocycles. The molecule has 1 saturated carbocycles. The van der Waals surface area contributed by atoms with Gasteiger partial charge >= 0.3 is 0 Å². The van der Waals surface area contributed by atoms with Gasteiger partial charge in [-0.3, -0.25) is 0 Å². The molecule has 0 unspecified atom stereocenters. The Hall–Kier alpha value is -2.81. The molecule has 1 aliphatic carbocycles. The summed E-state index contributed by atoms with van der Waals surface area (Å²) in [5, 5.41) is 0. The van der Waals surface area contributed by atoms with Gasteiger partial charge in [0, 0.05) is 5.56 Å². The largest absolute Gasteiger partial charge is 0.207 e. The number of allylic oxidation sites excluding steroid dienone is 2. The van der Waals surface area contributed by atoms with E-state index in [1.807, 2.05) is 24.3 Å². The molecule has 3 heteroatoms. The molecule has 0 N–H and O–H groups in total. The predicted molar refractivity (Wildman–Crippen MR) is 131 cm³/mol. The van der Waals surface area contributed by atoms with Crippen molar-refractivity contribution < 1.29 is 13.2 Å². The van der Waals surface area contributed by atoms with Gasteiger partial charge in [-0.05, 0) is 98.1 Å². The highest BCUT2D eigenvalue weighted by molar-refractivity contribution is 5.71. The van der Waals surface area contributed by atoms with Crippen LogP contribution < -0.4 is 0 Å². The Morgan fingerprint density at radius 1 is 0.788 bits per heavy atom. The van der Waals surface area contributed by atoms with Gasteiger partial charge in [-0.2, -0.15) is 0 Å². The topological polar surface area (TPSA) is 0 Å². The Morgan fingerprint density at radius 2 is 1.45 bits per heavy atom.